The number of para-hydroxylation sites is 1. The molecule has 0 aliphatic rings. The highest BCUT2D eigenvalue weighted by Crippen LogP contribution is 2.35. The average molecular weight is 433 g/mol. The van der Waals surface area contributed by atoms with E-state index in [9.17, 15) is 9.59 Å². The normalized spacial score (nSPS) is 10.9. The Bertz CT molecular complexity index is 1260. The van der Waals surface area contributed by atoms with Crippen LogP contribution >= 0.6 is 11.3 Å². The van der Waals surface area contributed by atoms with Crippen molar-refractivity contribution in [3.05, 3.63) is 76.6 Å². The van der Waals surface area contributed by atoms with E-state index in [0.717, 1.165) is 44.8 Å². The van der Waals surface area contributed by atoms with Gasteiger partial charge in [-0.3, -0.25) is 9.59 Å². The van der Waals surface area contributed by atoms with Gasteiger partial charge in [-0.05, 0) is 55.7 Å². The van der Waals surface area contributed by atoms with Gasteiger partial charge in [0.2, 0.25) is 5.91 Å². The maximum atomic E-state index is 13.1. The Labute approximate surface area is 184 Å². The van der Waals surface area contributed by atoms with Crippen LogP contribution in [0.1, 0.15) is 33.4 Å². The largest absolute Gasteiger partial charge is 0.342 e. The summed E-state index contributed by atoms with van der Waals surface area (Å²) >= 11 is 1.34. The lowest BCUT2D eigenvalue weighted by Gasteiger charge is -2.11. The van der Waals surface area contributed by atoms with Gasteiger partial charge in [0.25, 0.3) is 5.91 Å². The number of amides is 2. The van der Waals surface area contributed by atoms with Crippen molar-refractivity contribution in [3.63, 3.8) is 0 Å². The molecule has 4 aromatic rings. The lowest BCUT2D eigenvalue weighted by Crippen LogP contribution is -2.33. The molecule has 1 aromatic carbocycles. The Morgan fingerprint density at radius 1 is 1.10 bits per heavy atom. The standard InChI is InChI=1S/C24H24N4O2S/c1-4-17-9-5-6-10-18(17)27-19(29)14-25-23(30)22-21(28-11-7-8-12-28)20-15(2)13-16(3)26-24(20)31-22/h5-13H,4,14H2,1-3H3,(H,25,30)(H,27,29). The van der Waals surface area contributed by atoms with Crippen LogP contribution in [-0.4, -0.2) is 27.9 Å². The van der Waals surface area contributed by atoms with Crippen LogP contribution in [0.2, 0.25) is 0 Å². The van der Waals surface area contributed by atoms with E-state index >= 15 is 0 Å². The highest BCUT2D eigenvalue weighted by molar-refractivity contribution is 7.21. The molecule has 0 unspecified atom stereocenters. The summed E-state index contributed by atoms with van der Waals surface area (Å²) < 4.78 is 1.93. The predicted octanol–water partition coefficient (Wildman–Crippen LogP) is 4.63. The minimum absolute atomic E-state index is 0.109. The number of benzene rings is 1. The summed E-state index contributed by atoms with van der Waals surface area (Å²) in [7, 11) is 0. The molecule has 0 aliphatic heterocycles. The van der Waals surface area contributed by atoms with Gasteiger partial charge in [0.15, 0.2) is 0 Å². The zero-order valence-corrected chi connectivity index (χ0v) is 18.5. The number of nitrogens with one attached hydrogen (secondary N) is 2. The van der Waals surface area contributed by atoms with Crippen molar-refractivity contribution in [1.29, 1.82) is 0 Å². The second-order valence-electron chi connectivity index (χ2n) is 7.37. The molecule has 4 rings (SSSR count). The third-order valence-corrected chi connectivity index (χ3v) is 6.18. The zero-order chi connectivity index (χ0) is 22.0. The molecular formula is C24H24N4O2S. The lowest BCUT2D eigenvalue weighted by molar-refractivity contribution is -0.115. The first-order chi connectivity index (χ1) is 15.0. The van der Waals surface area contributed by atoms with Gasteiger partial charge in [-0.15, -0.1) is 11.3 Å². The van der Waals surface area contributed by atoms with Crippen molar-refractivity contribution in [2.24, 2.45) is 0 Å². The van der Waals surface area contributed by atoms with E-state index in [4.69, 9.17) is 0 Å². The third kappa shape index (κ3) is 4.22. The van der Waals surface area contributed by atoms with Gasteiger partial charge in [-0.25, -0.2) is 4.98 Å². The van der Waals surface area contributed by atoms with Crippen molar-refractivity contribution < 1.29 is 9.59 Å². The number of carbonyl (C=O) groups is 2. The number of fused-ring (bicyclic) bond motifs is 1. The van der Waals surface area contributed by atoms with E-state index < -0.39 is 0 Å². The van der Waals surface area contributed by atoms with Gasteiger partial charge < -0.3 is 15.2 Å². The van der Waals surface area contributed by atoms with Gasteiger partial charge in [0.05, 0.1) is 12.2 Å². The summed E-state index contributed by atoms with van der Waals surface area (Å²) in [5.74, 6) is -0.550. The van der Waals surface area contributed by atoms with Crippen molar-refractivity contribution >= 4 is 39.1 Å². The van der Waals surface area contributed by atoms with Crippen molar-refractivity contribution in [2.75, 3.05) is 11.9 Å². The molecule has 158 valence electrons. The summed E-state index contributed by atoms with van der Waals surface area (Å²) in [5.41, 5.74) is 4.60. The average Bonchev–Trinajstić information content (AvgIpc) is 3.40. The quantitative estimate of drug-likeness (QED) is 0.466. The number of nitrogens with zero attached hydrogens (tertiary/aromatic N) is 2. The molecule has 3 heterocycles. The van der Waals surface area contributed by atoms with Crippen LogP contribution < -0.4 is 10.6 Å². The van der Waals surface area contributed by atoms with Crippen molar-refractivity contribution in [2.45, 2.75) is 27.2 Å². The van der Waals surface area contributed by atoms with E-state index in [1.807, 2.05) is 80.2 Å². The van der Waals surface area contributed by atoms with Crippen LogP contribution in [0.25, 0.3) is 15.9 Å². The van der Waals surface area contributed by atoms with E-state index in [0.29, 0.717) is 4.88 Å². The summed E-state index contributed by atoms with van der Waals surface area (Å²) in [5, 5.41) is 6.61. The van der Waals surface area contributed by atoms with Gasteiger partial charge in [-0.1, -0.05) is 25.1 Å². The molecular weight excluding hydrogens is 408 g/mol. The minimum atomic E-state index is -0.289. The van der Waals surface area contributed by atoms with Crippen molar-refractivity contribution in [1.82, 2.24) is 14.9 Å². The number of thiophene rings is 1. The SMILES string of the molecule is CCc1ccccc1NC(=O)CNC(=O)c1sc2nc(C)cc(C)c2c1-n1cccc1. The first-order valence-corrected chi connectivity index (χ1v) is 11.0. The molecule has 31 heavy (non-hydrogen) atoms. The molecule has 0 saturated heterocycles. The van der Waals surface area contributed by atoms with Crippen LogP contribution in [0.5, 0.6) is 0 Å². The van der Waals surface area contributed by atoms with E-state index in [1.165, 1.54) is 11.3 Å². The molecule has 7 heteroatoms. The summed E-state index contributed by atoms with van der Waals surface area (Å²) in [6, 6.07) is 13.5. The molecule has 0 radical (unpaired) electrons. The fourth-order valence-corrected chi connectivity index (χ4v) is 4.90. The number of pyridine rings is 1. The molecule has 0 bridgehead atoms. The van der Waals surface area contributed by atoms with Crippen LogP contribution in [0, 0.1) is 13.8 Å². The number of aryl methyl sites for hydroxylation is 3. The highest BCUT2D eigenvalue weighted by atomic mass is 32.1. The molecule has 0 saturated carbocycles. The van der Waals surface area contributed by atoms with Gasteiger partial charge in [0.1, 0.15) is 9.71 Å². The molecule has 0 atom stereocenters. The predicted molar refractivity (Wildman–Crippen MR) is 125 cm³/mol. The van der Waals surface area contributed by atoms with Crippen LogP contribution in [-0.2, 0) is 11.2 Å². The number of hydrogen-bond acceptors (Lipinski definition) is 4. The van der Waals surface area contributed by atoms with Gasteiger partial charge in [-0.2, -0.15) is 0 Å². The van der Waals surface area contributed by atoms with Gasteiger partial charge >= 0.3 is 0 Å². The second kappa shape index (κ2) is 8.73. The topological polar surface area (TPSA) is 76.0 Å². The zero-order valence-electron chi connectivity index (χ0n) is 17.7. The maximum Gasteiger partial charge on any atom is 0.264 e. The number of carbonyl (C=O) groups excluding carboxylic acids is 2. The number of hydrogen-bond donors (Lipinski definition) is 2. The number of aromatic nitrogens is 2. The molecule has 2 amide bonds. The summed E-state index contributed by atoms with van der Waals surface area (Å²) in [6.07, 6.45) is 4.63. The van der Waals surface area contributed by atoms with E-state index in [2.05, 4.69) is 15.6 Å². The van der Waals surface area contributed by atoms with E-state index in [1.54, 1.807) is 0 Å². The van der Waals surface area contributed by atoms with E-state index in [-0.39, 0.29) is 18.4 Å². The molecule has 3 aromatic heterocycles. The second-order valence-corrected chi connectivity index (χ2v) is 8.37. The maximum absolute atomic E-state index is 13.1. The Kier molecular flexibility index (Phi) is 5.86. The highest BCUT2D eigenvalue weighted by Gasteiger charge is 2.22. The first kappa shape index (κ1) is 20.8. The fraction of sp³-hybridized carbons (Fsp3) is 0.208. The van der Waals surface area contributed by atoms with Crippen LogP contribution in [0.15, 0.2) is 54.9 Å². The molecule has 2 N–H and O–H groups in total. The first-order valence-electron chi connectivity index (χ1n) is 10.2. The molecule has 6 nitrogen and oxygen atoms in total. The minimum Gasteiger partial charge on any atom is -0.342 e. The van der Waals surface area contributed by atoms with Crippen LogP contribution in [0.4, 0.5) is 5.69 Å². The fourth-order valence-electron chi connectivity index (χ4n) is 3.69. The Balaban J connectivity index is 1.59. The monoisotopic (exact) mass is 432 g/mol. The van der Waals surface area contributed by atoms with Crippen LogP contribution in [0.3, 0.4) is 0 Å². The number of rotatable bonds is 6. The Morgan fingerprint density at radius 3 is 2.58 bits per heavy atom. The number of anilines is 1. The lowest BCUT2D eigenvalue weighted by atomic mass is 10.1. The smallest absolute Gasteiger partial charge is 0.264 e. The van der Waals surface area contributed by atoms with Crippen molar-refractivity contribution in [3.8, 4) is 5.69 Å². The van der Waals surface area contributed by atoms with Gasteiger partial charge in [0, 0.05) is 29.2 Å². The summed E-state index contributed by atoms with van der Waals surface area (Å²) in [6.45, 7) is 5.90. The Morgan fingerprint density at radius 2 is 1.84 bits per heavy atom. The summed E-state index contributed by atoms with van der Waals surface area (Å²) in [4.78, 5) is 31.5. The molecule has 0 aliphatic carbocycles. The Hall–Kier alpha value is -3.45. The molecule has 0 spiro atoms. The third-order valence-electron chi connectivity index (χ3n) is 5.11. The molecule has 0 fully saturated rings.